The smallest absolute Gasteiger partial charge is 0.318 e. The van der Waals surface area contributed by atoms with E-state index in [1.165, 1.54) is 18.4 Å². The van der Waals surface area contributed by atoms with E-state index in [1.54, 1.807) is 12.1 Å². The van der Waals surface area contributed by atoms with Crippen molar-refractivity contribution in [2.24, 2.45) is 5.92 Å². The molecule has 0 spiro atoms. The van der Waals surface area contributed by atoms with Gasteiger partial charge in [0.2, 0.25) is 5.91 Å². The minimum Gasteiger partial charge on any atom is -0.354 e. The third kappa shape index (κ3) is 5.72. The Morgan fingerprint density at radius 2 is 1.86 bits per heavy atom. The van der Waals surface area contributed by atoms with Crippen LogP contribution in [0.3, 0.4) is 0 Å². The van der Waals surface area contributed by atoms with E-state index < -0.39 is 6.04 Å². The van der Waals surface area contributed by atoms with Crippen LogP contribution in [0.2, 0.25) is 0 Å². The van der Waals surface area contributed by atoms with E-state index in [2.05, 4.69) is 16.7 Å². The van der Waals surface area contributed by atoms with Crippen LogP contribution in [-0.4, -0.2) is 47.1 Å². The van der Waals surface area contributed by atoms with Crippen molar-refractivity contribution in [2.45, 2.75) is 63.5 Å². The van der Waals surface area contributed by atoms with Crippen molar-refractivity contribution >= 4 is 11.9 Å². The number of piperidine rings is 1. The normalized spacial score (nSPS) is 21.7. The van der Waals surface area contributed by atoms with Gasteiger partial charge in [-0.1, -0.05) is 48.0 Å². The van der Waals surface area contributed by atoms with E-state index in [0.29, 0.717) is 32.6 Å². The summed E-state index contributed by atoms with van der Waals surface area (Å²) in [4.78, 5) is 40.7. The minimum atomic E-state index is -0.642. The third-order valence-electron chi connectivity index (χ3n) is 7.79. The Labute approximate surface area is 212 Å². The lowest BCUT2D eigenvalue weighted by Crippen LogP contribution is -2.56. The Kier molecular flexibility index (Phi) is 7.54. The molecule has 0 radical (unpaired) electrons. The molecule has 0 unspecified atom stereocenters. The van der Waals surface area contributed by atoms with E-state index in [-0.39, 0.29) is 29.3 Å². The highest BCUT2D eigenvalue weighted by molar-refractivity contribution is 5.87. The number of amides is 3. The maximum atomic E-state index is 13.4. The fourth-order valence-electron chi connectivity index (χ4n) is 5.96. The molecule has 3 heterocycles. The number of allylic oxidation sites excluding steroid dienone is 1. The Morgan fingerprint density at radius 1 is 1.00 bits per heavy atom. The van der Waals surface area contributed by atoms with E-state index in [1.807, 2.05) is 45.9 Å². The van der Waals surface area contributed by atoms with Gasteiger partial charge in [-0.25, -0.2) is 4.79 Å². The molecule has 3 amide bonds. The molecule has 1 saturated heterocycles. The Hall–Kier alpha value is -3.35. The summed E-state index contributed by atoms with van der Waals surface area (Å²) >= 11 is 0. The molecule has 1 aromatic heterocycles. The zero-order chi connectivity index (χ0) is 24.9. The first-order valence-corrected chi connectivity index (χ1v) is 13.3. The Balaban J connectivity index is 1.24. The van der Waals surface area contributed by atoms with Gasteiger partial charge in [0.05, 0.1) is 0 Å². The number of rotatable bonds is 7. The summed E-state index contributed by atoms with van der Waals surface area (Å²) in [5.74, 6) is 0.243. The highest BCUT2D eigenvalue weighted by Crippen LogP contribution is 2.34. The Morgan fingerprint density at radius 3 is 2.67 bits per heavy atom. The second-order valence-electron chi connectivity index (χ2n) is 10.4. The summed E-state index contributed by atoms with van der Waals surface area (Å²) in [5, 5.41) is 6.11. The maximum Gasteiger partial charge on any atom is 0.318 e. The molecule has 1 aliphatic carbocycles. The second-order valence-corrected chi connectivity index (χ2v) is 10.4. The van der Waals surface area contributed by atoms with Crippen LogP contribution in [0.5, 0.6) is 0 Å². The summed E-state index contributed by atoms with van der Waals surface area (Å²) in [7, 11) is 0. The van der Waals surface area contributed by atoms with Crippen LogP contribution >= 0.6 is 0 Å². The molecule has 7 nitrogen and oxygen atoms in total. The van der Waals surface area contributed by atoms with Gasteiger partial charge in [0.25, 0.3) is 5.56 Å². The zero-order valence-corrected chi connectivity index (χ0v) is 20.8. The molecule has 3 aliphatic rings. The average molecular weight is 489 g/mol. The fourth-order valence-corrected chi connectivity index (χ4v) is 5.96. The summed E-state index contributed by atoms with van der Waals surface area (Å²) in [6, 6.07) is 14.4. The van der Waals surface area contributed by atoms with Gasteiger partial charge in [0.15, 0.2) is 0 Å². The van der Waals surface area contributed by atoms with Gasteiger partial charge >= 0.3 is 6.03 Å². The highest BCUT2D eigenvalue weighted by atomic mass is 16.2. The molecule has 5 rings (SSSR count). The molecule has 7 heteroatoms. The number of carbonyl (C=O) groups excluding carboxylic acids is 2. The number of pyridine rings is 1. The van der Waals surface area contributed by atoms with Crippen LogP contribution in [0.25, 0.3) is 0 Å². The number of nitrogens with zero attached hydrogens (tertiary/aromatic N) is 2. The number of urea groups is 1. The molecular formula is C29H36N4O3. The highest BCUT2D eigenvalue weighted by Gasteiger charge is 2.37. The standard InChI is InChI=1S/C29H36N4O3/c34-27-13-7-12-26-24-16-23(19-33(26)27)18-32(20-24)29(36)31-25(17-22-10-5-2-6-11-22)28(35)30-15-14-21-8-3-1-4-9-21/h2,5-8,10-13,23-25H,1,3-4,9,14-20H2,(H,30,35)(H,31,36)/t23-,24-,25-/m0/s1. The van der Waals surface area contributed by atoms with Crippen molar-refractivity contribution in [3.05, 3.63) is 81.8 Å². The molecule has 2 aliphatic heterocycles. The van der Waals surface area contributed by atoms with Crippen molar-refractivity contribution < 1.29 is 9.59 Å². The fraction of sp³-hybridized carbons (Fsp3) is 0.483. The van der Waals surface area contributed by atoms with Gasteiger partial charge < -0.3 is 20.1 Å². The molecular weight excluding hydrogens is 452 g/mol. The van der Waals surface area contributed by atoms with Crippen molar-refractivity contribution in [1.82, 2.24) is 20.1 Å². The number of benzene rings is 1. The van der Waals surface area contributed by atoms with Crippen molar-refractivity contribution in [1.29, 1.82) is 0 Å². The summed E-state index contributed by atoms with van der Waals surface area (Å²) in [5.41, 5.74) is 3.47. The predicted molar refractivity (Wildman–Crippen MR) is 140 cm³/mol. The number of nitrogens with one attached hydrogen (secondary N) is 2. The van der Waals surface area contributed by atoms with Crippen LogP contribution in [0, 0.1) is 5.92 Å². The summed E-state index contributed by atoms with van der Waals surface area (Å²) in [6.07, 6.45) is 9.33. The molecule has 1 fully saturated rings. The quantitative estimate of drug-likeness (QED) is 0.584. The molecule has 2 N–H and O–H groups in total. The lowest BCUT2D eigenvalue weighted by molar-refractivity contribution is -0.122. The average Bonchev–Trinajstić information content (AvgIpc) is 2.90. The lowest BCUT2D eigenvalue weighted by atomic mass is 9.83. The maximum absolute atomic E-state index is 13.4. The number of hydrogen-bond donors (Lipinski definition) is 2. The molecule has 0 saturated carbocycles. The van der Waals surface area contributed by atoms with Crippen LogP contribution < -0.4 is 16.2 Å². The van der Waals surface area contributed by atoms with Crippen molar-refractivity contribution in [3.63, 3.8) is 0 Å². The molecule has 190 valence electrons. The van der Waals surface area contributed by atoms with Gasteiger partial charge in [-0.15, -0.1) is 0 Å². The van der Waals surface area contributed by atoms with E-state index >= 15 is 0 Å². The molecule has 2 aromatic rings. The third-order valence-corrected chi connectivity index (χ3v) is 7.79. The van der Waals surface area contributed by atoms with Crippen molar-refractivity contribution in [2.75, 3.05) is 19.6 Å². The Bertz CT molecular complexity index is 1170. The number of likely N-dealkylation sites (tertiary alicyclic amines) is 1. The van der Waals surface area contributed by atoms with Gasteiger partial charge in [-0.05, 0) is 56.1 Å². The van der Waals surface area contributed by atoms with Gasteiger partial charge in [-0.2, -0.15) is 0 Å². The zero-order valence-electron chi connectivity index (χ0n) is 20.8. The monoisotopic (exact) mass is 488 g/mol. The second kappa shape index (κ2) is 11.1. The van der Waals surface area contributed by atoms with E-state index in [0.717, 1.165) is 36.9 Å². The topological polar surface area (TPSA) is 83.4 Å². The van der Waals surface area contributed by atoms with Crippen molar-refractivity contribution in [3.8, 4) is 0 Å². The van der Waals surface area contributed by atoms with Gasteiger partial charge in [-0.3, -0.25) is 9.59 Å². The van der Waals surface area contributed by atoms with Gasteiger partial charge in [0.1, 0.15) is 6.04 Å². The lowest BCUT2D eigenvalue weighted by Gasteiger charge is -2.43. The molecule has 1 aromatic carbocycles. The number of hydrogen-bond acceptors (Lipinski definition) is 3. The summed E-state index contributed by atoms with van der Waals surface area (Å²) < 4.78 is 1.86. The minimum absolute atomic E-state index is 0.0312. The van der Waals surface area contributed by atoms with Crippen LogP contribution in [0.4, 0.5) is 4.79 Å². The van der Waals surface area contributed by atoms with E-state index in [4.69, 9.17) is 0 Å². The summed E-state index contributed by atoms with van der Waals surface area (Å²) in [6.45, 7) is 2.38. The predicted octanol–water partition coefficient (Wildman–Crippen LogP) is 3.60. The first kappa shape index (κ1) is 24.3. The largest absolute Gasteiger partial charge is 0.354 e. The first-order valence-electron chi connectivity index (χ1n) is 13.3. The number of fused-ring (bicyclic) bond motifs is 4. The van der Waals surface area contributed by atoms with Gasteiger partial charge in [0, 0.05) is 50.3 Å². The van der Waals surface area contributed by atoms with Crippen LogP contribution in [0.1, 0.15) is 55.7 Å². The van der Waals surface area contributed by atoms with E-state index in [9.17, 15) is 14.4 Å². The number of aromatic nitrogens is 1. The molecule has 3 atom stereocenters. The number of carbonyl (C=O) groups is 2. The van der Waals surface area contributed by atoms with Crippen LogP contribution in [0.15, 0.2) is 65.0 Å². The van der Waals surface area contributed by atoms with Crippen LogP contribution in [-0.2, 0) is 17.8 Å². The molecule has 2 bridgehead atoms. The molecule has 36 heavy (non-hydrogen) atoms. The SMILES string of the molecule is O=C(NCCC1=CCCCC1)[C@H](Cc1ccccc1)NC(=O)N1C[C@@H]2C[C@@H](C1)c1cccc(=O)n1C2. The first-order chi connectivity index (χ1) is 17.6.